The SMILES string of the molecule is COc1nc(C)cc(CNCCNC(=O)/C=C/C2CC2)n1. The number of methoxy groups -OCH3 is 1. The van der Waals surface area contributed by atoms with Gasteiger partial charge in [0, 0.05) is 25.3 Å². The van der Waals surface area contributed by atoms with Gasteiger partial charge in [0.15, 0.2) is 0 Å². The maximum Gasteiger partial charge on any atom is 0.316 e. The van der Waals surface area contributed by atoms with Gasteiger partial charge in [0.25, 0.3) is 0 Å². The summed E-state index contributed by atoms with van der Waals surface area (Å²) >= 11 is 0. The smallest absolute Gasteiger partial charge is 0.316 e. The van der Waals surface area contributed by atoms with Crippen LogP contribution in [0.2, 0.25) is 0 Å². The van der Waals surface area contributed by atoms with Gasteiger partial charge in [-0.25, -0.2) is 4.98 Å². The van der Waals surface area contributed by atoms with Crippen molar-refractivity contribution in [2.75, 3.05) is 20.2 Å². The first-order valence-electron chi connectivity index (χ1n) is 7.22. The van der Waals surface area contributed by atoms with Gasteiger partial charge in [-0.2, -0.15) is 4.98 Å². The molecular weight excluding hydrogens is 268 g/mol. The van der Waals surface area contributed by atoms with Crippen molar-refractivity contribution >= 4 is 5.91 Å². The van der Waals surface area contributed by atoms with Gasteiger partial charge < -0.3 is 15.4 Å². The Morgan fingerprint density at radius 2 is 2.24 bits per heavy atom. The number of allylic oxidation sites excluding steroid dienone is 1. The maximum atomic E-state index is 11.5. The summed E-state index contributed by atoms with van der Waals surface area (Å²) in [4.78, 5) is 19.9. The molecule has 0 aromatic carbocycles. The molecule has 0 saturated heterocycles. The van der Waals surface area contributed by atoms with Crippen LogP contribution in [0.15, 0.2) is 18.2 Å². The lowest BCUT2D eigenvalue weighted by Gasteiger charge is -2.07. The molecular formula is C15H22N4O2. The lowest BCUT2D eigenvalue weighted by atomic mass is 10.3. The zero-order valence-electron chi connectivity index (χ0n) is 12.6. The standard InChI is InChI=1S/C15H22N4O2/c1-11-9-13(19-15(18-11)21-2)10-16-7-8-17-14(20)6-5-12-3-4-12/h5-6,9,12,16H,3-4,7-8,10H2,1-2H3,(H,17,20)/b6-5+. The average Bonchev–Trinajstić information content (AvgIpc) is 3.28. The third kappa shape index (κ3) is 5.91. The van der Waals surface area contributed by atoms with E-state index in [1.807, 2.05) is 19.1 Å². The summed E-state index contributed by atoms with van der Waals surface area (Å²) in [5, 5.41) is 6.07. The van der Waals surface area contributed by atoms with Crippen molar-refractivity contribution in [3.05, 3.63) is 29.6 Å². The molecule has 0 bridgehead atoms. The molecule has 21 heavy (non-hydrogen) atoms. The van der Waals surface area contributed by atoms with Crippen molar-refractivity contribution in [1.29, 1.82) is 0 Å². The normalized spacial score (nSPS) is 14.4. The van der Waals surface area contributed by atoms with E-state index < -0.39 is 0 Å². The van der Waals surface area contributed by atoms with E-state index in [-0.39, 0.29) is 5.91 Å². The van der Waals surface area contributed by atoms with E-state index in [2.05, 4.69) is 20.6 Å². The van der Waals surface area contributed by atoms with E-state index in [0.717, 1.165) is 11.4 Å². The molecule has 0 aliphatic heterocycles. The van der Waals surface area contributed by atoms with Crippen molar-refractivity contribution in [2.24, 2.45) is 5.92 Å². The molecule has 0 atom stereocenters. The predicted octanol–water partition coefficient (Wildman–Crippen LogP) is 0.966. The Balaban J connectivity index is 1.62. The quantitative estimate of drug-likeness (QED) is 0.551. The van der Waals surface area contributed by atoms with E-state index in [1.165, 1.54) is 12.8 Å². The van der Waals surface area contributed by atoms with Crippen LogP contribution in [0.3, 0.4) is 0 Å². The van der Waals surface area contributed by atoms with Gasteiger partial charge in [-0.05, 0) is 37.8 Å². The Kier molecular flexibility index (Phi) is 5.68. The van der Waals surface area contributed by atoms with Gasteiger partial charge in [0.1, 0.15) is 0 Å². The topological polar surface area (TPSA) is 76.1 Å². The van der Waals surface area contributed by atoms with E-state index in [0.29, 0.717) is 31.6 Å². The van der Waals surface area contributed by atoms with Crippen LogP contribution in [0.1, 0.15) is 24.2 Å². The molecule has 2 N–H and O–H groups in total. The summed E-state index contributed by atoms with van der Waals surface area (Å²) in [6, 6.07) is 2.29. The van der Waals surface area contributed by atoms with Crippen LogP contribution in [-0.4, -0.2) is 36.1 Å². The number of carbonyl (C=O) groups is 1. The second-order valence-electron chi connectivity index (χ2n) is 5.15. The molecule has 1 amide bonds. The first-order valence-corrected chi connectivity index (χ1v) is 7.22. The molecule has 1 heterocycles. The number of ether oxygens (including phenoxy) is 1. The largest absolute Gasteiger partial charge is 0.467 e. The summed E-state index contributed by atoms with van der Waals surface area (Å²) in [6.45, 7) is 3.80. The molecule has 2 rings (SSSR count). The highest BCUT2D eigenvalue weighted by molar-refractivity contribution is 5.87. The molecule has 1 aliphatic carbocycles. The lowest BCUT2D eigenvalue weighted by Crippen LogP contribution is -2.30. The summed E-state index contributed by atoms with van der Waals surface area (Å²) < 4.78 is 5.03. The molecule has 0 radical (unpaired) electrons. The van der Waals surface area contributed by atoms with Crippen molar-refractivity contribution < 1.29 is 9.53 Å². The molecule has 114 valence electrons. The average molecular weight is 290 g/mol. The monoisotopic (exact) mass is 290 g/mol. The Hall–Kier alpha value is -1.95. The van der Waals surface area contributed by atoms with E-state index in [4.69, 9.17) is 4.74 Å². The highest BCUT2D eigenvalue weighted by atomic mass is 16.5. The third-order valence-corrected chi connectivity index (χ3v) is 3.12. The Labute approximate surface area is 125 Å². The van der Waals surface area contributed by atoms with Crippen LogP contribution < -0.4 is 15.4 Å². The summed E-state index contributed by atoms with van der Waals surface area (Å²) in [5.74, 6) is 0.605. The first kappa shape index (κ1) is 15.4. The number of carbonyl (C=O) groups excluding carboxylic acids is 1. The van der Waals surface area contributed by atoms with E-state index >= 15 is 0 Å². The molecule has 6 nitrogen and oxygen atoms in total. The number of amides is 1. The second kappa shape index (κ2) is 7.73. The van der Waals surface area contributed by atoms with Crippen LogP contribution >= 0.6 is 0 Å². The zero-order chi connectivity index (χ0) is 15.1. The fourth-order valence-electron chi connectivity index (χ4n) is 1.85. The number of hydrogen-bond donors (Lipinski definition) is 2. The third-order valence-electron chi connectivity index (χ3n) is 3.12. The van der Waals surface area contributed by atoms with Gasteiger partial charge in [-0.15, -0.1) is 0 Å². The van der Waals surface area contributed by atoms with Crippen LogP contribution in [-0.2, 0) is 11.3 Å². The Bertz CT molecular complexity index is 512. The maximum absolute atomic E-state index is 11.5. The number of aromatic nitrogens is 2. The molecule has 0 unspecified atom stereocenters. The van der Waals surface area contributed by atoms with Crippen LogP contribution in [0.25, 0.3) is 0 Å². The van der Waals surface area contributed by atoms with Crippen molar-refractivity contribution in [1.82, 2.24) is 20.6 Å². The van der Waals surface area contributed by atoms with Gasteiger partial charge in [-0.1, -0.05) is 6.08 Å². The number of rotatable bonds is 8. The predicted molar refractivity (Wildman–Crippen MR) is 79.9 cm³/mol. The number of nitrogens with one attached hydrogen (secondary N) is 2. The molecule has 0 spiro atoms. The Morgan fingerprint density at radius 1 is 1.43 bits per heavy atom. The number of hydrogen-bond acceptors (Lipinski definition) is 5. The van der Waals surface area contributed by atoms with Gasteiger partial charge >= 0.3 is 6.01 Å². The molecule has 1 aromatic heterocycles. The molecule has 6 heteroatoms. The molecule has 1 aliphatic rings. The fraction of sp³-hybridized carbons (Fsp3) is 0.533. The van der Waals surface area contributed by atoms with Gasteiger partial charge in [0.2, 0.25) is 5.91 Å². The van der Waals surface area contributed by atoms with Crippen molar-refractivity contribution in [2.45, 2.75) is 26.3 Å². The first-order chi connectivity index (χ1) is 10.2. The van der Waals surface area contributed by atoms with Crippen molar-refractivity contribution in [3.8, 4) is 6.01 Å². The minimum atomic E-state index is -0.0248. The second-order valence-corrected chi connectivity index (χ2v) is 5.15. The van der Waals surface area contributed by atoms with Crippen LogP contribution in [0.5, 0.6) is 6.01 Å². The molecule has 1 fully saturated rings. The minimum absolute atomic E-state index is 0.0248. The lowest BCUT2D eigenvalue weighted by molar-refractivity contribution is -0.116. The van der Waals surface area contributed by atoms with Gasteiger partial charge in [0.05, 0.1) is 12.8 Å². The van der Waals surface area contributed by atoms with E-state index in [1.54, 1.807) is 13.2 Å². The fourth-order valence-corrected chi connectivity index (χ4v) is 1.85. The highest BCUT2D eigenvalue weighted by Crippen LogP contribution is 2.29. The van der Waals surface area contributed by atoms with Crippen LogP contribution in [0, 0.1) is 12.8 Å². The number of aryl methyl sites for hydroxylation is 1. The Morgan fingerprint density at radius 3 is 2.95 bits per heavy atom. The van der Waals surface area contributed by atoms with E-state index in [9.17, 15) is 4.79 Å². The highest BCUT2D eigenvalue weighted by Gasteiger charge is 2.17. The zero-order valence-corrected chi connectivity index (χ0v) is 12.6. The molecule has 1 saturated carbocycles. The van der Waals surface area contributed by atoms with Crippen LogP contribution in [0.4, 0.5) is 0 Å². The van der Waals surface area contributed by atoms with Gasteiger partial charge in [-0.3, -0.25) is 4.79 Å². The number of nitrogens with zero attached hydrogens (tertiary/aromatic N) is 2. The summed E-state index contributed by atoms with van der Waals surface area (Å²) in [7, 11) is 1.55. The summed E-state index contributed by atoms with van der Waals surface area (Å²) in [5.41, 5.74) is 1.75. The molecule has 1 aromatic rings. The van der Waals surface area contributed by atoms with Crippen molar-refractivity contribution in [3.63, 3.8) is 0 Å². The summed E-state index contributed by atoms with van der Waals surface area (Å²) in [6.07, 6.45) is 6.05. The minimum Gasteiger partial charge on any atom is -0.467 e.